The van der Waals surface area contributed by atoms with Gasteiger partial charge < -0.3 is 15.4 Å². The highest BCUT2D eigenvalue weighted by Gasteiger charge is 2.22. The van der Waals surface area contributed by atoms with Gasteiger partial charge in [-0.3, -0.25) is 0 Å². The lowest BCUT2D eigenvalue weighted by Gasteiger charge is -2.27. The molecular weight excluding hydrogens is 268 g/mol. The van der Waals surface area contributed by atoms with Crippen molar-refractivity contribution in [3.05, 3.63) is 41.4 Å². The van der Waals surface area contributed by atoms with Crippen LogP contribution >= 0.6 is 23.8 Å². The fourth-order valence-electron chi connectivity index (χ4n) is 1.89. The van der Waals surface area contributed by atoms with E-state index in [1.165, 1.54) is 0 Å². The molecule has 5 heteroatoms. The van der Waals surface area contributed by atoms with Crippen molar-refractivity contribution in [1.82, 2.24) is 10.6 Å². The summed E-state index contributed by atoms with van der Waals surface area (Å²) in [5.41, 5.74) is 1.05. The summed E-state index contributed by atoms with van der Waals surface area (Å²) in [5, 5.41) is 7.65. The van der Waals surface area contributed by atoms with E-state index < -0.39 is 0 Å². The maximum absolute atomic E-state index is 6.02. The first kappa shape index (κ1) is 13.2. The Hall–Kier alpha value is -1.26. The fraction of sp³-hybridized carbons (Fsp3) is 0.308. The Bertz CT molecular complexity index is 464. The van der Waals surface area contributed by atoms with Crippen molar-refractivity contribution >= 4 is 28.9 Å². The van der Waals surface area contributed by atoms with Crippen molar-refractivity contribution in [3.8, 4) is 5.75 Å². The lowest BCUT2D eigenvalue weighted by atomic mass is 10.0. The molecule has 96 valence electrons. The molecule has 0 amide bonds. The monoisotopic (exact) mass is 282 g/mol. The third kappa shape index (κ3) is 3.15. The largest absolute Gasteiger partial charge is 0.493 e. The van der Waals surface area contributed by atoms with Crippen LogP contribution < -0.4 is 15.4 Å². The summed E-state index contributed by atoms with van der Waals surface area (Å²) < 4.78 is 5.59. The highest BCUT2D eigenvalue weighted by molar-refractivity contribution is 7.80. The van der Waals surface area contributed by atoms with Gasteiger partial charge in [-0.1, -0.05) is 17.7 Å². The number of hydrogen-bond donors (Lipinski definition) is 2. The van der Waals surface area contributed by atoms with Crippen LogP contribution in [0.3, 0.4) is 0 Å². The van der Waals surface area contributed by atoms with Crippen LogP contribution in [0.2, 0.25) is 5.02 Å². The van der Waals surface area contributed by atoms with Crippen molar-refractivity contribution < 1.29 is 4.74 Å². The maximum atomic E-state index is 6.02. The van der Waals surface area contributed by atoms with Crippen LogP contribution in [0.1, 0.15) is 18.0 Å². The molecule has 1 aromatic carbocycles. The Morgan fingerprint density at radius 1 is 1.61 bits per heavy atom. The van der Waals surface area contributed by atoms with Crippen molar-refractivity contribution in [3.63, 3.8) is 0 Å². The maximum Gasteiger partial charge on any atom is 0.167 e. The summed E-state index contributed by atoms with van der Waals surface area (Å²) in [6.45, 7) is 4.97. The molecule has 3 nitrogen and oxygen atoms in total. The number of nitrogens with one attached hydrogen (secondary N) is 2. The predicted molar refractivity (Wildman–Crippen MR) is 78.2 cm³/mol. The zero-order valence-electron chi connectivity index (χ0n) is 9.91. The lowest BCUT2D eigenvalue weighted by molar-refractivity contribution is 0.262. The molecule has 0 aromatic heterocycles. The van der Waals surface area contributed by atoms with Gasteiger partial charge >= 0.3 is 0 Å². The first-order chi connectivity index (χ1) is 8.70. The fourth-order valence-corrected chi connectivity index (χ4v) is 2.30. The Kier molecular flexibility index (Phi) is 4.44. The van der Waals surface area contributed by atoms with Crippen LogP contribution in [0.15, 0.2) is 30.9 Å². The number of ether oxygens (including phenoxy) is 1. The molecule has 2 rings (SSSR count). The van der Waals surface area contributed by atoms with Gasteiger partial charge in [0.25, 0.3) is 0 Å². The van der Waals surface area contributed by atoms with Gasteiger partial charge in [-0.15, -0.1) is 6.58 Å². The predicted octanol–water partition coefficient (Wildman–Crippen LogP) is 2.81. The van der Waals surface area contributed by atoms with Crippen LogP contribution in [-0.2, 0) is 0 Å². The summed E-state index contributed by atoms with van der Waals surface area (Å²) in [5.74, 6) is 0.870. The van der Waals surface area contributed by atoms with Gasteiger partial charge in [0.2, 0.25) is 0 Å². The standard InChI is InChI=1S/C13H15ClN2OS/c1-2-6-15-13(18)16-11-5-7-17-12-4-3-9(14)8-10(11)12/h2-4,8,11H,1,5-7H2,(H2,15,16,18). The third-order valence-corrected chi connectivity index (χ3v) is 3.22. The highest BCUT2D eigenvalue weighted by Crippen LogP contribution is 2.33. The van der Waals surface area contributed by atoms with E-state index in [0.29, 0.717) is 23.3 Å². The number of rotatable bonds is 3. The molecule has 0 aliphatic carbocycles. The van der Waals surface area contributed by atoms with Gasteiger partial charge in [-0.25, -0.2) is 0 Å². The Labute approximate surface area is 117 Å². The van der Waals surface area contributed by atoms with Crippen LogP contribution in [0.25, 0.3) is 0 Å². The molecule has 1 heterocycles. The second kappa shape index (κ2) is 6.07. The minimum absolute atomic E-state index is 0.136. The molecule has 0 saturated heterocycles. The summed E-state index contributed by atoms with van der Waals surface area (Å²) in [7, 11) is 0. The molecule has 1 atom stereocenters. The summed E-state index contributed by atoms with van der Waals surface area (Å²) >= 11 is 11.2. The van der Waals surface area contributed by atoms with Gasteiger partial charge in [0.15, 0.2) is 5.11 Å². The highest BCUT2D eigenvalue weighted by atomic mass is 35.5. The van der Waals surface area contributed by atoms with Crippen LogP contribution in [0, 0.1) is 0 Å². The quantitative estimate of drug-likeness (QED) is 0.660. The molecule has 18 heavy (non-hydrogen) atoms. The normalized spacial score (nSPS) is 17.3. The second-order valence-corrected chi connectivity index (χ2v) is 4.86. The lowest BCUT2D eigenvalue weighted by Crippen LogP contribution is -2.39. The zero-order valence-corrected chi connectivity index (χ0v) is 11.5. The van der Waals surface area contributed by atoms with Crippen LogP contribution in [0.5, 0.6) is 5.75 Å². The zero-order chi connectivity index (χ0) is 13.0. The Morgan fingerprint density at radius 3 is 3.22 bits per heavy atom. The minimum Gasteiger partial charge on any atom is -0.493 e. The molecule has 1 aromatic rings. The first-order valence-electron chi connectivity index (χ1n) is 5.78. The average Bonchev–Trinajstić information content (AvgIpc) is 2.37. The average molecular weight is 283 g/mol. The first-order valence-corrected chi connectivity index (χ1v) is 6.57. The topological polar surface area (TPSA) is 33.3 Å². The van der Waals surface area contributed by atoms with E-state index in [-0.39, 0.29) is 6.04 Å². The van der Waals surface area contributed by atoms with E-state index in [4.69, 9.17) is 28.6 Å². The molecule has 0 saturated carbocycles. The Morgan fingerprint density at radius 2 is 2.44 bits per heavy atom. The number of hydrogen-bond acceptors (Lipinski definition) is 2. The molecule has 0 radical (unpaired) electrons. The van der Waals surface area contributed by atoms with E-state index >= 15 is 0 Å². The third-order valence-electron chi connectivity index (χ3n) is 2.72. The van der Waals surface area contributed by atoms with Gasteiger partial charge in [0.05, 0.1) is 12.6 Å². The molecule has 0 spiro atoms. The van der Waals surface area contributed by atoms with Crippen LogP contribution in [0.4, 0.5) is 0 Å². The van der Waals surface area contributed by atoms with Crippen molar-refractivity contribution in [2.45, 2.75) is 12.5 Å². The van der Waals surface area contributed by atoms with Gasteiger partial charge in [-0.2, -0.15) is 0 Å². The molecule has 2 N–H and O–H groups in total. The van der Waals surface area contributed by atoms with E-state index in [0.717, 1.165) is 17.7 Å². The van der Waals surface area contributed by atoms with Crippen LogP contribution in [-0.4, -0.2) is 18.3 Å². The molecule has 1 aliphatic heterocycles. The number of fused-ring (bicyclic) bond motifs is 1. The van der Waals surface area contributed by atoms with E-state index in [1.807, 2.05) is 18.2 Å². The van der Waals surface area contributed by atoms with Gasteiger partial charge in [-0.05, 0) is 30.4 Å². The minimum atomic E-state index is 0.136. The molecule has 1 aliphatic rings. The SMILES string of the molecule is C=CCNC(=S)NC1CCOc2ccc(Cl)cc21. The van der Waals surface area contributed by atoms with E-state index in [9.17, 15) is 0 Å². The second-order valence-electron chi connectivity index (χ2n) is 4.01. The summed E-state index contributed by atoms with van der Waals surface area (Å²) in [6.07, 6.45) is 2.63. The van der Waals surface area contributed by atoms with E-state index in [1.54, 1.807) is 6.08 Å². The molecule has 1 unspecified atom stereocenters. The molecule has 0 fully saturated rings. The number of halogens is 1. The van der Waals surface area contributed by atoms with Crippen molar-refractivity contribution in [2.24, 2.45) is 0 Å². The van der Waals surface area contributed by atoms with Gasteiger partial charge in [0.1, 0.15) is 5.75 Å². The molecule has 0 bridgehead atoms. The molecular formula is C13H15ClN2OS. The smallest absolute Gasteiger partial charge is 0.167 e. The van der Waals surface area contributed by atoms with Crippen molar-refractivity contribution in [1.29, 1.82) is 0 Å². The number of thiocarbonyl (C=S) groups is 1. The van der Waals surface area contributed by atoms with E-state index in [2.05, 4.69) is 17.2 Å². The summed E-state index contributed by atoms with van der Waals surface area (Å²) in [4.78, 5) is 0. The number of benzene rings is 1. The summed E-state index contributed by atoms with van der Waals surface area (Å²) in [6, 6.07) is 5.78. The van der Waals surface area contributed by atoms with Gasteiger partial charge in [0, 0.05) is 23.6 Å². The Balaban J connectivity index is 2.09. The van der Waals surface area contributed by atoms with Crippen molar-refractivity contribution in [2.75, 3.05) is 13.2 Å².